The van der Waals surface area contributed by atoms with Crippen LogP contribution in [0.4, 0.5) is 0 Å². The maximum absolute atomic E-state index is 11.7. The van der Waals surface area contributed by atoms with Crippen LogP contribution in [0.5, 0.6) is 0 Å². The number of hydrogen-bond acceptors (Lipinski definition) is 3. The van der Waals surface area contributed by atoms with Crippen molar-refractivity contribution in [2.45, 2.75) is 39.7 Å². The Morgan fingerprint density at radius 2 is 2.12 bits per heavy atom. The van der Waals surface area contributed by atoms with Crippen LogP contribution in [0.1, 0.15) is 33.6 Å². The smallest absolute Gasteiger partial charge is 0.246 e. The zero-order valence-corrected chi connectivity index (χ0v) is 11.1. The second-order valence-corrected chi connectivity index (χ2v) is 4.71. The summed E-state index contributed by atoms with van der Waals surface area (Å²) in [5.41, 5.74) is 2.10. The van der Waals surface area contributed by atoms with Crippen molar-refractivity contribution in [3.63, 3.8) is 0 Å². The van der Waals surface area contributed by atoms with Crippen molar-refractivity contribution >= 4 is 5.91 Å². The van der Waals surface area contributed by atoms with Crippen molar-refractivity contribution in [3.05, 3.63) is 11.1 Å². The highest BCUT2D eigenvalue weighted by Gasteiger charge is 2.15. The minimum absolute atomic E-state index is 0.0753. The third-order valence-electron chi connectivity index (χ3n) is 2.86. The van der Waals surface area contributed by atoms with Gasteiger partial charge < -0.3 is 15.4 Å². The van der Waals surface area contributed by atoms with Gasteiger partial charge in [-0.2, -0.15) is 0 Å². The lowest BCUT2D eigenvalue weighted by molar-refractivity contribution is -0.117. The van der Waals surface area contributed by atoms with Gasteiger partial charge in [-0.1, -0.05) is 0 Å². The monoisotopic (exact) mass is 240 g/mol. The molecule has 0 aromatic heterocycles. The van der Waals surface area contributed by atoms with E-state index in [1.165, 1.54) is 5.57 Å². The Hall–Kier alpha value is -0.870. The summed E-state index contributed by atoms with van der Waals surface area (Å²) in [5.74, 6) is 0.0753. The predicted molar refractivity (Wildman–Crippen MR) is 68.9 cm³/mol. The molecule has 0 unspecified atom stereocenters. The first kappa shape index (κ1) is 14.2. The van der Waals surface area contributed by atoms with Crippen LogP contribution in [0.25, 0.3) is 0 Å². The number of carbonyl (C=O) groups excluding carboxylic acids is 1. The lowest BCUT2D eigenvalue weighted by Crippen LogP contribution is -2.37. The third kappa shape index (κ3) is 5.33. The highest BCUT2D eigenvalue weighted by atomic mass is 16.5. The molecule has 0 aliphatic carbocycles. The highest BCUT2D eigenvalue weighted by Crippen LogP contribution is 2.08. The molecule has 1 aliphatic rings. The fourth-order valence-corrected chi connectivity index (χ4v) is 1.56. The van der Waals surface area contributed by atoms with E-state index in [0.29, 0.717) is 6.10 Å². The number of amides is 1. The summed E-state index contributed by atoms with van der Waals surface area (Å²) in [6.45, 7) is 9.19. The van der Waals surface area contributed by atoms with Gasteiger partial charge in [-0.15, -0.1) is 0 Å². The Bertz CT molecular complexity index is 279. The summed E-state index contributed by atoms with van der Waals surface area (Å²) >= 11 is 0. The first-order chi connectivity index (χ1) is 8.11. The molecule has 17 heavy (non-hydrogen) atoms. The molecule has 1 saturated heterocycles. The van der Waals surface area contributed by atoms with E-state index in [0.717, 1.165) is 44.7 Å². The van der Waals surface area contributed by atoms with Crippen LogP contribution in [0.3, 0.4) is 0 Å². The first-order valence-corrected chi connectivity index (χ1v) is 6.40. The fourth-order valence-electron chi connectivity index (χ4n) is 1.56. The lowest BCUT2D eigenvalue weighted by Gasteiger charge is -2.21. The van der Waals surface area contributed by atoms with Crippen LogP contribution >= 0.6 is 0 Å². The molecule has 4 nitrogen and oxygen atoms in total. The van der Waals surface area contributed by atoms with Gasteiger partial charge in [0.15, 0.2) is 0 Å². The molecular weight excluding hydrogens is 216 g/mol. The minimum Gasteiger partial charge on any atom is -0.379 e. The quantitative estimate of drug-likeness (QED) is 0.520. The van der Waals surface area contributed by atoms with Gasteiger partial charge in [0, 0.05) is 31.8 Å². The van der Waals surface area contributed by atoms with E-state index in [4.69, 9.17) is 4.74 Å². The van der Waals surface area contributed by atoms with Crippen molar-refractivity contribution in [3.8, 4) is 0 Å². The molecule has 1 fully saturated rings. The summed E-state index contributed by atoms with van der Waals surface area (Å²) < 4.78 is 5.43. The lowest BCUT2D eigenvalue weighted by atomic mass is 10.0. The van der Waals surface area contributed by atoms with E-state index in [9.17, 15) is 4.79 Å². The van der Waals surface area contributed by atoms with Crippen molar-refractivity contribution < 1.29 is 9.53 Å². The van der Waals surface area contributed by atoms with E-state index in [1.807, 2.05) is 20.8 Å². The number of rotatable bonds is 7. The van der Waals surface area contributed by atoms with E-state index in [1.54, 1.807) is 0 Å². The number of unbranched alkanes of at least 4 members (excludes halogenated alkanes) is 1. The molecule has 0 saturated carbocycles. The standard InChI is InChI=1S/C13H24N2O2/c1-10(2)17-7-5-4-6-15-13(16)11(3)12-8-14-9-12/h10,14H,4-9H2,1-3H3,(H,15,16). The Kier molecular flexibility index (Phi) is 6.22. The largest absolute Gasteiger partial charge is 0.379 e. The van der Waals surface area contributed by atoms with Crippen LogP contribution in [0.2, 0.25) is 0 Å². The number of nitrogens with one attached hydrogen (secondary N) is 2. The SMILES string of the molecule is CC(C(=O)NCCCCOC(C)C)=C1CNC1. The molecule has 0 bridgehead atoms. The van der Waals surface area contributed by atoms with Gasteiger partial charge >= 0.3 is 0 Å². The second-order valence-electron chi connectivity index (χ2n) is 4.71. The summed E-state index contributed by atoms with van der Waals surface area (Å²) in [5, 5.41) is 6.08. The normalized spacial score (nSPS) is 14.7. The van der Waals surface area contributed by atoms with Crippen LogP contribution in [0, 0.1) is 0 Å². The van der Waals surface area contributed by atoms with Crippen LogP contribution in [0.15, 0.2) is 11.1 Å². The Morgan fingerprint density at radius 3 is 2.65 bits per heavy atom. The Morgan fingerprint density at radius 1 is 1.41 bits per heavy atom. The van der Waals surface area contributed by atoms with Crippen LogP contribution in [-0.4, -0.2) is 38.3 Å². The van der Waals surface area contributed by atoms with Crippen molar-refractivity contribution in [2.75, 3.05) is 26.2 Å². The maximum atomic E-state index is 11.7. The third-order valence-corrected chi connectivity index (χ3v) is 2.86. The minimum atomic E-state index is 0.0753. The molecule has 2 N–H and O–H groups in total. The molecule has 0 spiro atoms. The summed E-state index contributed by atoms with van der Waals surface area (Å²) in [4.78, 5) is 11.7. The highest BCUT2D eigenvalue weighted by molar-refractivity contribution is 5.93. The molecule has 0 aromatic rings. The topological polar surface area (TPSA) is 50.4 Å². The van der Waals surface area contributed by atoms with Gasteiger partial charge in [-0.05, 0) is 39.2 Å². The molecule has 1 aliphatic heterocycles. The summed E-state index contributed by atoms with van der Waals surface area (Å²) in [6.07, 6.45) is 2.26. The van der Waals surface area contributed by atoms with Crippen LogP contribution < -0.4 is 10.6 Å². The Balaban J connectivity index is 2.04. The van der Waals surface area contributed by atoms with Crippen molar-refractivity contribution in [1.82, 2.24) is 10.6 Å². The molecular formula is C13H24N2O2. The first-order valence-electron chi connectivity index (χ1n) is 6.40. The molecule has 0 radical (unpaired) electrons. The molecule has 98 valence electrons. The maximum Gasteiger partial charge on any atom is 0.246 e. The van der Waals surface area contributed by atoms with Gasteiger partial charge in [-0.3, -0.25) is 4.79 Å². The van der Waals surface area contributed by atoms with Crippen LogP contribution in [-0.2, 0) is 9.53 Å². The molecule has 4 heteroatoms. The van der Waals surface area contributed by atoms with Gasteiger partial charge in [-0.25, -0.2) is 0 Å². The van der Waals surface area contributed by atoms with E-state index in [-0.39, 0.29) is 5.91 Å². The number of ether oxygens (including phenoxy) is 1. The number of hydrogen-bond donors (Lipinski definition) is 2. The molecule has 0 atom stereocenters. The fraction of sp³-hybridized carbons (Fsp3) is 0.769. The second kappa shape index (κ2) is 7.45. The van der Waals surface area contributed by atoms with Gasteiger partial charge in [0.1, 0.15) is 0 Å². The van der Waals surface area contributed by atoms with Gasteiger partial charge in [0.05, 0.1) is 6.10 Å². The molecule has 1 rings (SSSR count). The zero-order chi connectivity index (χ0) is 12.7. The summed E-state index contributed by atoms with van der Waals surface area (Å²) in [6, 6.07) is 0. The molecule has 0 aromatic carbocycles. The Labute approximate surface area is 104 Å². The van der Waals surface area contributed by atoms with Crippen molar-refractivity contribution in [1.29, 1.82) is 0 Å². The number of carbonyl (C=O) groups is 1. The zero-order valence-electron chi connectivity index (χ0n) is 11.1. The predicted octanol–water partition coefficient (Wildman–Crippen LogP) is 1.23. The average Bonchev–Trinajstić information content (AvgIpc) is 2.19. The summed E-state index contributed by atoms with van der Waals surface area (Å²) in [7, 11) is 0. The van der Waals surface area contributed by atoms with Gasteiger partial charge in [0.2, 0.25) is 5.91 Å². The van der Waals surface area contributed by atoms with E-state index >= 15 is 0 Å². The van der Waals surface area contributed by atoms with Gasteiger partial charge in [0.25, 0.3) is 0 Å². The average molecular weight is 240 g/mol. The van der Waals surface area contributed by atoms with E-state index in [2.05, 4.69) is 10.6 Å². The van der Waals surface area contributed by atoms with E-state index < -0.39 is 0 Å². The van der Waals surface area contributed by atoms with Crippen molar-refractivity contribution in [2.24, 2.45) is 0 Å². The molecule has 1 amide bonds. The molecule has 1 heterocycles.